The zero-order valence-electron chi connectivity index (χ0n) is 10.3. The Morgan fingerprint density at radius 1 is 1.47 bits per heavy atom. The van der Waals surface area contributed by atoms with E-state index in [1.54, 1.807) is 11.3 Å². The van der Waals surface area contributed by atoms with Crippen molar-refractivity contribution in [3.8, 4) is 0 Å². The van der Waals surface area contributed by atoms with Crippen molar-refractivity contribution in [2.24, 2.45) is 0 Å². The number of likely N-dealkylation sites (N-methyl/N-ethyl adjacent to an activating group) is 2. The van der Waals surface area contributed by atoms with E-state index in [4.69, 9.17) is 0 Å². The lowest BCUT2D eigenvalue weighted by molar-refractivity contribution is 0.0634. The van der Waals surface area contributed by atoms with Crippen LogP contribution in [0.4, 0.5) is 0 Å². The van der Waals surface area contributed by atoms with Crippen LogP contribution in [0.2, 0.25) is 0 Å². The first-order valence-electron chi connectivity index (χ1n) is 5.86. The van der Waals surface area contributed by atoms with Gasteiger partial charge in [0.2, 0.25) is 0 Å². The fourth-order valence-electron chi connectivity index (χ4n) is 2.27. The monoisotopic (exact) mass is 318 g/mol. The molecule has 1 fully saturated rings. The van der Waals surface area contributed by atoms with Crippen LogP contribution in [0.1, 0.15) is 18.1 Å². The highest BCUT2D eigenvalue weighted by Gasteiger charge is 2.25. The van der Waals surface area contributed by atoms with E-state index in [0.717, 1.165) is 36.1 Å². The van der Waals surface area contributed by atoms with Gasteiger partial charge in [-0.2, -0.15) is 11.3 Å². The summed E-state index contributed by atoms with van der Waals surface area (Å²) in [6, 6.07) is 0.440. The van der Waals surface area contributed by atoms with E-state index >= 15 is 0 Å². The highest BCUT2D eigenvalue weighted by Crippen LogP contribution is 2.30. The highest BCUT2D eigenvalue weighted by atomic mass is 79.9. The molecule has 2 heterocycles. The SMILES string of the molecule is CN1CCN(C)C(CC(O)c2cscc2Br)C1. The van der Waals surface area contributed by atoms with E-state index in [-0.39, 0.29) is 6.10 Å². The molecule has 0 amide bonds. The molecular formula is C12H19BrN2OS. The van der Waals surface area contributed by atoms with Gasteiger partial charge in [-0.05, 0) is 41.8 Å². The average Bonchev–Trinajstić information content (AvgIpc) is 2.70. The van der Waals surface area contributed by atoms with Crippen LogP contribution in [0.5, 0.6) is 0 Å². The summed E-state index contributed by atoms with van der Waals surface area (Å²) in [5, 5.41) is 14.3. The zero-order chi connectivity index (χ0) is 12.4. The number of rotatable bonds is 3. The zero-order valence-corrected chi connectivity index (χ0v) is 12.7. The van der Waals surface area contributed by atoms with E-state index in [0.29, 0.717) is 6.04 Å². The molecule has 0 aromatic carbocycles. The van der Waals surface area contributed by atoms with Gasteiger partial charge in [0.15, 0.2) is 0 Å². The standard InChI is InChI=1S/C12H19BrN2OS/c1-14-3-4-15(2)9(6-14)5-12(16)10-7-17-8-11(10)13/h7-9,12,16H,3-6H2,1-2H3. The van der Waals surface area contributed by atoms with Crippen molar-refractivity contribution in [3.05, 3.63) is 20.8 Å². The minimum atomic E-state index is -0.366. The predicted octanol–water partition coefficient (Wildman–Crippen LogP) is 2.18. The molecule has 2 atom stereocenters. The topological polar surface area (TPSA) is 26.7 Å². The highest BCUT2D eigenvalue weighted by molar-refractivity contribution is 9.10. The predicted molar refractivity (Wildman–Crippen MR) is 75.5 cm³/mol. The van der Waals surface area contributed by atoms with E-state index in [2.05, 4.69) is 39.8 Å². The van der Waals surface area contributed by atoms with Crippen LogP contribution in [0, 0.1) is 0 Å². The van der Waals surface area contributed by atoms with Gasteiger partial charge in [-0.1, -0.05) is 0 Å². The normalized spacial score (nSPS) is 25.1. The van der Waals surface area contributed by atoms with E-state index in [1.165, 1.54) is 0 Å². The first-order valence-corrected chi connectivity index (χ1v) is 7.60. The summed E-state index contributed by atoms with van der Waals surface area (Å²) in [5.41, 5.74) is 1.02. The number of aliphatic hydroxyl groups excluding tert-OH is 1. The number of piperazine rings is 1. The fraction of sp³-hybridized carbons (Fsp3) is 0.667. The molecule has 0 spiro atoms. The molecule has 0 aliphatic carbocycles. The molecule has 1 aliphatic rings. The maximum atomic E-state index is 10.3. The third-order valence-corrected chi connectivity index (χ3v) is 5.23. The molecule has 2 rings (SSSR count). The summed E-state index contributed by atoms with van der Waals surface area (Å²) in [4.78, 5) is 4.68. The molecule has 1 saturated heterocycles. The van der Waals surface area contributed by atoms with Gasteiger partial charge in [0.05, 0.1) is 6.10 Å². The minimum absolute atomic E-state index is 0.366. The van der Waals surface area contributed by atoms with Crippen molar-refractivity contribution in [2.45, 2.75) is 18.6 Å². The largest absolute Gasteiger partial charge is 0.388 e. The van der Waals surface area contributed by atoms with E-state index < -0.39 is 0 Å². The molecule has 0 saturated carbocycles. The second-order valence-corrected chi connectivity index (χ2v) is 6.42. The molecule has 1 aliphatic heterocycles. The lowest BCUT2D eigenvalue weighted by Gasteiger charge is -2.38. The van der Waals surface area contributed by atoms with Gasteiger partial charge in [-0.3, -0.25) is 0 Å². The number of nitrogens with zero attached hydrogens (tertiary/aromatic N) is 2. The summed E-state index contributed by atoms with van der Waals surface area (Å²) in [6.45, 7) is 3.24. The van der Waals surface area contributed by atoms with Crippen LogP contribution in [-0.2, 0) is 0 Å². The molecule has 0 bridgehead atoms. The summed E-state index contributed by atoms with van der Waals surface area (Å²) in [5.74, 6) is 0. The fourth-order valence-corrected chi connectivity index (χ4v) is 3.88. The minimum Gasteiger partial charge on any atom is -0.388 e. The third kappa shape index (κ3) is 3.29. The molecule has 1 N–H and O–H groups in total. The molecule has 3 nitrogen and oxygen atoms in total. The van der Waals surface area contributed by atoms with E-state index in [9.17, 15) is 5.11 Å². The van der Waals surface area contributed by atoms with Crippen LogP contribution in [0.3, 0.4) is 0 Å². The van der Waals surface area contributed by atoms with Gasteiger partial charge in [0.1, 0.15) is 0 Å². The van der Waals surface area contributed by atoms with Gasteiger partial charge in [-0.15, -0.1) is 0 Å². The molecule has 17 heavy (non-hydrogen) atoms. The Morgan fingerprint density at radius 3 is 2.88 bits per heavy atom. The van der Waals surface area contributed by atoms with Gasteiger partial charge >= 0.3 is 0 Å². The number of halogens is 1. The Morgan fingerprint density at radius 2 is 2.24 bits per heavy atom. The second kappa shape index (κ2) is 5.80. The molecule has 1 aromatic heterocycles. The van der Waals surface area contributed by atoms with Crippen LogP contribution in [0.25, 0.3) is 0 Å². The Balaban J connectivity index is 1.98. The Labute approximate surface area is 115 Å². The smallest absolute Gasteiger partial charge is 0.0824 e. The Bertz CT molecular complexity index is 371. The first kappa shape index (κ1) is 13.5. The number of thiophene rings is 1. The van der Waals surface area contributed by atoms with Crippen molar-refractivity contribution >= 4 is 27.3 Å². The van der Waals surface area contributed by atoms with Crippen molar-refractivity contribution in [3.63, 3.8) is 0 Å². The summed E-state index contributed by atoms with van der Waals surface area (Å²) < 4.78 is 1.03. The maximum absolute atomic E-state index is 10.3. The molecule has 5 heteroatoms. The van der Waals surface area contributed by atoms with Crippen molar-refractivity contribution < 1.29 is 5.11 Å². The van der Waals surface area contributed by atoms with Crippen molar-refractivity contribution in [1.29, 1.82) is 0 Å². The third-order valence-electron chi connectivity index (χ3n) is 3.48. The number of hydrogen-bond acceptors (Lipinski definition) is 4. The summed E-state index contributed by atoms with van der Waals surface area (Å²) in [7, 11) is 4.29. The van der Waals surface area contributed by atoms with E-state index in [1.807, 2.05) is 10.8 Å². The maximum Gasteiger partial charge on any atom is 0.0824 e. The van der Waals surface area contributed by atoms with Crippen LogP contribution in [-0.4, -0.2) is 54.7 Å². The Hall–Kier alpha value is 0.0600. The number of aliphatic hydroxyl groups is 1. The van der Waals surface area contributed by atoms with Crippen LogP contribution < -0.4 is 0 Å². The van der Waals surface area contributed by atoms with Gasteiger partial charge in [0.25, 0.3) is 0 Å². The van der Waals surface area contributed by atoms with Crippen molar-refractivity contribution in [1.82, 2.24) is 9.80 Å². The molecule has 1 aromatic rings. The van der Waals surface area contributed by atoms with Gasteiger partial charge in [-0.25, -0.2) is 0 Å². The quantitative estimate of drug-likeness (QED) is 0.925. The average molecular weight is 319 g/mol. The Kier molecular flexibility index (Phi) is 4.60. The number of hydrogen-bond donors (Lipinski definition) is 1. The lowest BCUT2D eigenvalue weighted by atomic mass is 10.0. The molecule has 0 radical (unpaired) electrons. The first-order chi connectivity index (χ1) is 8.08. The van der Waals surface area contributed by atoms with Crippen molar-refractivity contribution in [2.75, 3.05) is 33.7 Å². The molecule has 96 valence electrons. The van der Waals surface area contributed by atoms with Gasteiger partial charge in [0, 0.05) is 41.1 Å². The summed E-state index contributed by atoms with van der Waals surface area (Å²) >= 11 is 5.11. The second-order valence-electron chi connectivity index (χ2n) is 4.82. The van der Waals surface area contributed by atoms with Crippen LogP contribution >= 0.6 is 27.3 Å². The molecule has 2 unspecified atom stereocenters. The lowest BCUT2D eigenvalue weighted by Crippen LogP contribution is -2.50. The molecular weight excluding hydrogens is 300 g/mol. The summed E-state index contributed by atoms with van der Waals surface area (Å²) in [6.07, 6.45) is 0.436. The van der Waals surface area contributed by atoms with Gasteiger partial charge < -0.3 is 14.9 Å². The van der Waals surface area contributed by atoms with Crippen LogP contribution in [0.15, 0.2) is 15.2 Å².